The van der Waals surface area contributed by atoms with Crippen LogP contribution in [0, 0.1) is 6.92 Å². The molecule has 2 aliphatic heterocycles. The normalized spacial score (nSPS) is 31.4. The summed E-state index contributed by atoms with van der Waals surface area (Å²) in [7, 11) is 1.81. The Morgan fingerprint density at radius 2 is 1.95 bits per heavy atom. The molecule has 2 aromatic rings. The smallest absolute Gasteiger partial charge is 0.308 e. The van der Waals surface area contributed by atoms with Gasteiger partial charge >= 0.3 is 11.9 Å². The Kier molecular flexibility index (Phi) is 5.91. The number of aryl methyl sites for hydroxylation is 1. The van der Waals surface area contributed by atoms with Crippen LogP contribution in [-0.4, -0.2) is 71.1 Å². The lowest BCUT2D eigenvalue weighted by atomic mass is 9.47. The number of ether oxygens (including phenoxy) is 3. The fourth-order valence-electron chi connectivity index (χ4n) is 8.53. The Hall–Kier alpha value is -3.59. The zero-order valence-corrected chi connectivity index (χ0v) is 24.0. The molecule has 216 valence electrons. The van der Waals surface area contributed by atoms with Gasteiger partial charge in [-0.1, -0.05) is 0 Å². The van der Waals surface area contributed by atoms with E-state index in [0.717, 1.165) is 48.9 Å². The first-order valence-corrected chi connectivity index (χ1v) is 14.6. The molecule has 5 aliphatic rings. The van der Waals surface area contributed by atoms with E-state index in [1.807, 2.05) is 13.1 Å². The number of furan rings is 1. The van der Waals surface area contributed by atoms with Gasteiger partial charge in [0.1, 0.15) is 11.7 Å². The Morgan fingerprint density at radius 3 is 2.63 bits per heavy atom. The highest BCUT2D eigenvalue weighted by molar-refractivity contribution is 5.92. The number of piperidine rings is 1. The molecule has 0 N–H and O–H groups in total. The molecule has 3 heterocycles. The maximum atomic E-state index is 13.5. The molecule has 0 unspecified atom stereocenters. The lowest BCUT2D eigenvalue weighted by Gasteiger charge is -2.65. The van der Waals surface area contributed by atoms with Crippen molar-refractivity contribution in [2.24, 2.45) is 0 Å². The van der Waals surface area contributed by atoms with Crippen LogP contribution in [0.15, 0.2) is 35.2 Å². The lowest BCUT2D eigenvalue weighted by molar-refractivity contribution is -0.224. The number of esters is 2. The van der Waals surface area contributed by atoms with Crippen LogP contribution in [0.25, 0.3) is 6.08 Å². The second kappa shape index (κ2) is 9.21. The third kappa shape index (κ3) is 3.74. The van der Waals surface area contributed by atoms with Crippen LogP contribution in [0.1, 0.15) is 68.2 Å². The summed E-state index contributed by atoms with van der Waals surface area (Å²) in [5.41, 5.74) is 2.55. The van der Waals surface area contributed by atoms with Crippen molar-refractivity contribution in [3.63, 3.8) is 0 Å². The molecule has 3 aliphatic carbocycles. The number of hydrogen-bond donors (Lipinski definition) is 0. The molecule has 1 spiro atoms. The van der Waals surface area contributed by atoms with Crippen LogP contribution < -0.4 is 9.47 Å². The van der Waals surface area contributed by atoms with Crippen molar-refractivity contribution in [3.05, 3.63) is 53.0 Å². The Labute approximate surface area is 239 Å². The summed E-state index contributed by atoms with van der Waals surface area (Å²) in [5.74, 6) is 0.0773. The molecule has 1 saturated heterocycles. The van der Waals surface area contributed by atoms with E-state index in [0.29, 0.717) is 30.4 Å². The number of likely N-dealkylation sites (tertiary alicyclic amines) is 1. The average Bonchev–Trinajstić information content (AvgIpc) is 3.49. The molecule has 1 amide bonds. The summed E-state index contributed by atoms with van der Waals surface area (Å²) >= 11 is 0. The molecule has 2 bridgehead atoms. The topological polar surface area (TPSA) is 98.5 Å². The van der Waals surface area contributed by atoms with Crippen LogP contribution in [0.4, 0.5) is 0 Å². The Morgan fingerprint density at radius 1 is 1.15 bits per heavy atom. The van der Waals surface area contributed by atoms with Gasteiger partial charge in [-0.3, -0.25) is 19.3 Å². The average molecular weight is 561 g/mol. The predicted octanol–water partition coefficient (Wildman–Crippen LogP) is 3.94. The van der Waals surface area contributed by atoms with Crippen LogP contribution in [0.3, 0.4) is 0 Å². The van der Waals surface area contributed by atoms with Crippen LogP contribution in [0.2, 0.25) is 0 Å². The summed E-state index contributed by atoms with van der Waals surface area (Å²) in [6, 6.07) is 3.93. The zero-order valence-electron chi connectivity index (χ0n) is 24.0. The fraction of sp³-hybridized carbons (Fsp3) is 0.531. The molecule has 2 saturated carbocycles. The minimum Gasteiger partial charge on any atom is -0.483 e. The van der Waals surface area contributed by atoms with Gasteiger partial charge in [0.2, 0.25) is 5.91 Å². The molecule has 7 rings (SSSR count). The largest absolute Gasteiger partial charge is 0.483 e. The summed E-state index contributed by atoms with van der Waals surface area (Å²) in [6.07, 6.45) is 11.0. The van der Waals surface area contributed by atoms with Gasteiger partial charge in [-0.2, -0.15) is 0 Å². The molecule has 9 nitrogen and oxygen atoms in total. The fourth-order valence-corrected chi connectivity index (χ4v) is 8.53. The number of amides is 1. The van der Waals surface area contributed by atoms with E-state index in [1.165, 1.54) is 19.4 Å². The van der Waals surface area contributed by atoms with Gasteiger partial charge in [0.25, 0.3) is 0 Å². The first kappa shape index (κ1) is 26.3. The molecule has 5 atom stereocenters. The lowest BCUT2D eigenvalue weighted by Crippen LogP contribution is -2.79. The van der Waals surface area contributed by atoms with E-state index >= 15 is 0 Å². The molecule has 1 aromatic carbocycles. The molecule has 9 heteroatoms. The number of carbonyl (C=O) groups is 3. The second-order valence-electron chi connectivity index (χ2n) is 12.3. The third-order valence-electron chi connectivity index (χ3n) is 10.2. The Bertz CT molecular complexity index is 1460. The van der Waals surface area contributed by atoms with E-state index in [9.17, 15) is 14.4 Å². The highest BCUT2D eigenvalue weighted by Crippen LogP contribution is 2.68. The monoisotopic (exact) mass is 560 g/mol. The van der Waals surface area contributed by atoms with Gasteiger partial charge in [-0.25, -0.2) is 0 Å². The van der Waals surface area contributed by atoms with E-state index in [-0.39, 0.29) is 24.0 Å². The second-order valence-corrected chi connectivity index (χ2v) is 12.3. The van der Waals surface area contributed by atoms with Crippen molar-refractivity contribution < 1.29 is 33.0 Å². The van der Waals surface area contributed by atoms with Gasteiger partial charge in [0, 0.05) is 50.7 Å². The maximum absolute atomic E-state index is 13.5. The summed E-state index contributed by atoms with van der Waals surface area (Å²) in [6.45, 7) is 5.79. The van der Waals surface area contributed by atoms with Crippen LogP contribution in [0.5, 0.6) is 11.5 Å². The van der Waals surface area contributed by atoms with Crippen molar-refractivity contribution in [1.82, 2.24) is 9.80 Å². The first-order chi connectivity index (χ1) is 19.7. The van der Waals surface area contributed by atoms with Gasteiger partial charge in [-0.15, -0.1) is 0 Å². The van der Waals surface area contributed by atoms with Gasteiger partial charge in [0.05, 0.1) is 30.0 Å². The molecular weight excluding hydrogens is 524 g/mol. The maximum Gasteiger partial charge on any atom is 0.308 e. The first-order valence-electron chi connectivity index (χ1n) is 14.6. The van der Waals surface area contributed by atoms with Crippen molar-refractivity contribution in [2.75, 3.05) is 13.6 Å². The minimum atomic E-state index is -0.809. The van der Waals surface area contributed by atoms with Gasteiger partial charge in [-0.05, 0) is 74.8 Å². The van der Waals surface area contributed by atoms with E-state index < -0.39 is 23.1 Å². The number of nitrogens with zero attached hydrogens (tertiary/aromatic N) is 2. The van der Waals surface area contributed by atoms with Crippen molar-refractivity contribution in [3.8, 4) is 11.5 Å². The summed E-state index contributed by atoms with van der Waals surface area (Å²) in [5, 5.41) is 0. The molecule has 41 heavy (non-hydrogen) atoms. The van der Waals surface area contributed by atoms with Gasteiger partial charge in [0.15, 0.2) is 11.5 Å². The third-order valence-corrected chi connectivity index (χ3v) is 10.2. The molecule has 0 radical (unpaired) electrons. The zero-order chi connectivity index (χ0) is 28.7. The molecule has 3 fully saturated rings. The predicted molar refractivity (Wildman–Crippen MR) is 148 cm³/mol. The number of rotatable bonds is 6. The van der Waals surface area contributed by atoms with E-state index in [1.54, 1.807) is 35.6 Å². The summed E-state index contributed by atoms with van der Waals surface area (Å²) < 4.78 is 24.3. The van der Waals surface area contributed by atoms with Gasteiger partial charge < -0.3 is 23.5 Å². The number of benzene rings is 1. The van der Waals surface area contributed by atoms with E-state index in [2.05, 4.69) is 11.8 Å². The standard InChI is InChI=1S/C32H36N2O7/c1-18-15-25(39-19(2)35)29-28-23(18)16-26-32(41-20(3)36)11-9-24(33(4)27(37)8-5-21-10-14-38-17-21)30(40-29)31(28,32)12-13-34(26)22-6-7-22/h5,8,10,14-15,17,22,24,26,30H,6-7,9,11-13,16H2,1-4H3/b8-5+/t24-,26-,30+,31+,32-/m1/s1. The molecular formula is C32H36N2O7. The minimum absolute atomic E-state index is 0.0124. The molecule has 1 aromatic heterocycles. The van der Waals surface area contributed by atoms with Crippen molar-refractivity contribution >= 4 is 23.9 Å². The summed E-state index contributed by atoms with van der Waals surface area (Å²) in [4.78, 5) is 42.9. The van der Waals surface area contributed by atoms with E-state index in [4.69, 9.17) is 18.6 Å². The highest BCUT2D eigenvalue weighted by Gasteiger charge is 2.76. The SMILES string of the molecule is CC(=O)Oc1cc(C)c2c3c1O[C@H]1[C@H](N(C)C(=O)/C=C/c4ccoc4)CC[C@@]4(OC(C)=O)[C@@H](C2)N(C2CC2)CC[C@]314. The Balaban J connectivity index is 1.38. The number of carbonyl (C=O) groups excluding carboxylic acids is 3. The van der Waals surface area contributed by atoms with Crippen LogP contribution in [-0.2, 0) is 31.0 Å². The highest BCUT2D eigenvalue weighted by atomic mass is 16.6. The van der Waals surface area contributed by atoms with Crippen molar-refractivity contribution in [1.29, 1.82) is 0 Å². The van der Waals surface area contributed by atoms with Crippen molar-refractivity contribution in [2.45, 2.75) is 94.5 Å². The number of hydrogen-bond acceptors (Lipinski definition) is 8. The van der Waals surface area contributed by atoms with Crippen LogP contribution >= 0.6 is 0 Å². The number of likely N-dealkylation sites (N-methyl/N-ethyl adjacent to an activating group) is 1. The quantitative estimate of drug-likeness (QED) is 0.298.